The van der Waals surface area contributed by atoms with E-state index < -0.39 is 14.7 Å². The van der Waals surface area contributed by atoms with Gasteiger partial charge in [0.05, 0.1) is 5.56 Å². The van der Waals surface area contributed by atoms with E-state index in [1.807, 2.05) is 0 Å². The van der Waals surface area contributed by atoms with Crippen LogP contribution < -0.4 is 5.23 Å². The van der Waals surface area contributed by atoms with Crippen LogP contribution in [-0.4, -0.2) is 16.8 Å². The van der Waals surface area contributed by atoms with Crippen LogP contribution in [0, 0.1) is 5.21 Å². The second-order valence-corrected chi connectivity index (χ2v) is 7.82. The topological polar surface area (TPSA) is 81.9 Å². The van der Waals surface area contributed by atoms with Crippen LogP contribution in [0.25, 0.3) is 0 Å². The molecule has 2 aromatic rings. The Labute approximate surface area is 142 Å². The summed E-state index contributed by atoms with van der Waals surface area (Å²) in [6.07, 6.45) is 0. The molecule has 22 heavy (non-hydrogen) atoms. The van der Waals surface area contributed by atoms with Crippen LogP contribution >= 0.6 is 31.9 Å². The molecule has 0 heterocycles. The highest BCUT2D eigenvalue weighted by Gasteiger charge is 2.35. The Morgan fingerprint density at radius 2 is 1.55 bits per heavy atom. The second-order valence-electron chi connectivity index (χ2n) is 4.76. The molecule has 7 heteroatoms. The maximum atomic E-state index is 12.7. The monoisotopic (exact) mass is 425 g/mol. The highest BCUT2D eigenvalue weighted by Crippen LogP contribution is 2.39. The predicted octanol–water partition coefficient (Wildman–Crippen LogP) is 2.65. The number of hydrogen-bond acceptors (Lipinski definition) is 4. The fraction of sp³-hybridized carbons (Fsp3) is 0.0667. The maximum Gasteiger partial charge on any atom is 0.200 e. The summed E-state index contributed by atoms with van der Waals surface area (Å²) in [5, 5.41) is 19.9. The summed E-state index contributed by atoms with van der Waals surface area (Å²) in [4.78, 5) is 25.2. The SMILES string of the molecule is O=C1c2ccccc2C(=O)c2c1ccc(C(Br)Br)c2[NH+]([O-])O. The van der Waals surface area contributed by atoms with Crippen LogP contribution in [0.2, 0.25) is 0 Å². The fourth-order valence-electron chi connectivity index (χ4n) is 2.61. The molecule has 1 aliphatic rings. The molecule has 0 fully saturated rings. The number of alkyl halides is 2. The minimum absolute atomic E-state index is 0.0439. The third-order valence-corrected chi connectivity index (χ3v) is 4.56. The molecule has 1 unspecified atom stereocenters. The Kier molecular flexibility index (Phi) is 4.00. The third kappa shape index (κ3) is 2.26. The lowest BCUT2D eigenvalue weighted by atomic mass is 9.82. The maximum absolute atomic E-state index is 12.7. The van der Waals surface area contributed by atoms with Crippen molar-refractivity contribution in [2.75, 3.05) is 0 Å². The number of rotatable bonds is 2. The first-order valence-electron chi connectivity index (χ1n) is 6.30. The van der Waals surface area contributed by atoms with Crippen molar-refractivity contribution in [1.29, 1.82) is 0 Å². The number of carbonyl (C=O) groups excluding carboxylic acids is 2. The molecule has 0 amide bonds. The van der Waals surface area contributed by atoms with Crippen molar-refractivity contribution in [1.82, 2.24) is 0 Å². The number of carbonyl (C=O) groups is 2. The first kappa shape index (κ1) is 15.5. The molecule has 0 radical (unpaired) electrons. The summed E-state index contributed by atoms with van der Waals surface area (Å²) in [6, 6.07) is 9.48. The second kappa shape index (κ2) is 5.68. The third-order valence-electron chi connectivity index (χ3n) is 3.57. The Balaban J connectivity index is 2.36. The Bertz CT molecular complexity index is 802. The molecule has 2 aromatic carbocycles. The minimum atomic E-state index is -1.24. The van der Waals surface area contributed by atoms with Crippen molar-refractivity contribution < 1.29 is 20.0 Å². The van der Waals surface area contributed by atoms with Gasteiger partial charge in [-0.2, -0.15) is 5.23 Å². The number of hydrogen-bond donors (Lipinski definition) is 2. The molecular formula is C15H9Br2NO4. The van der Waals surface area contributed by atoms with E-state index in [0.29, 0.717) is 11.1 Å². The molecule has 0 spiro atoms. The predicted molar refractivity (Wildman–Crippen MR) is 86.1 cm³/mol. The fourth-order valence-corrected chi connectivity index (χ4v) is 3.38. The normalized spacial score (nSPS) is 14.8. The molecule has 2 N–H and O–H groups in total. The van der Waals surface area contributed by atoms with Gasteiger partial charge in [0.15, 0.2) is 11.5 Å². The van der Waals surface area contributed by atoms with E-state index in [4.69, 9.17) is 0 Å². The molecule has 112 valence electrons. The average molecular weight is 427 g/mol. The average Bonchev–Trinajstić information content (AvgIpc) is 2.51. The van der Waals surface area contributed by atoms with Crippen molar-refractivity contribution >= 4 is 49.1 Å². The van der Waals surface area contributed by atoms with Gasteiger partial charge in [-0.1, -0.05) is 62.2 Å². The molecule has 0 saturated heterocycles. The summed E-state index contributed by atoms with van der Waals surface area (Å²) in [5.41, 5.74) is 0.873. The molecule has 0 bridgehead atoms. The van der Waals surface area contributed by atoms with Gasteiger partial charge in [0.2, 0.25) is 5.78 Å². The standard InChI is InChI=1S/C15H9Br2NO4/c16-15(17)10-6-5-9-11(12(10)18(21)22)14(20)8-4-2-1-3-7(8)13(9)19/h1-6,15,18,21H. The van der Waals surface area contributed by atoms with Gasteiger partial charge in [-0.15, -0.1) is 0 Å². The first-order chi connectivity index (χ1) is 10.4. The van der Waals surface area contributed by atoms with Crippen LogP contribution in [0.5, 0.6) is 0 Å². The number of benzene rings is 2. The Morgan fingerprint density at radius 1 is 0.955 bits per heavy atom. The molecule has 1 aliphatic carbocycles. The van der Waals surface area contributed by atoms with Gasteiger partial charge in [0.1, 0.15) is 3.74 Å². The molecular weight excluding hydrogens is 418 g/mol. The summed E-state index contributed by atoms with van der Waals surface area (Å²) in [6.45, 7) is 0. The van der Waals surface area contributed by atoms with Crippen molar-refractivity contribution in [2.45, 2.75) is 3.74 Å². The number of nitrogens with one attached hydrogen (secondary N) is 1. The highest BCUT2D eigenvalue weighted by atomic mass is 79.9. The Morgan fingerprint density at radius 3 is 2.09 bits per heavy atom. The van der Waals surface area contributed by atoms with Gasteiger partial charge in [0, 0.05) is 22.3 Å². The lowest BCUT2D eigenvalue weighted by Gasteiger charge is -2.24. The summed E-state index contributed by atoms with van der Waals surface area (Å²) >= 11 is 6.51. The van der Waals surface area contributed by atoms with E-state index in [1.54, 1.807) is 18.2 Å². The molecule has 0 aromatic heterocycles. The largest absolute Gasteiger partial charge is 0.595 e. The Hall–Kier alpha value is -1.38. The van der Waals surface area contributed by atoms with E-state index in [9.17, 15) is 20.0 Å². The van der Waals surface area contributed by atoms with Gasteiger partial charge in [-0.25, -0.2) is 5.21 Å². The molecule has 1 atom stereocenters. The first-order valence-corrected chi connectivity index (χ1v) is 8.13. The van der Waals surface area contributed by atoms with E-state index >= 15 is 0 Å². The quantitative estimate of drug-likeness (QED) is 0.487. The number of quaternary nitrogens is 1. The number of ketones is 2. The van der Waals surface area contributed by atoms with Gasteiger partial charge < -0.3 is 5.21 Å². The van der Waals surface area contributed by atoms with Crippen LogP contribution in [0.15, 0.2) is 36.4 Å². The van der Waals surface area contributed by atoms with Gasteiger partial charge in [-0.3, -0.25) is 9.59 Å². The summed E-state index contributed by atoms with van der Waals surface area (Å²) < 4.78 is -0.434. The van der Waals surface area contributed by atoms with E-state index in [0.717, 1.165) is 0 Å². The summed E-state index contributed by atoms with van der Waals surface area (Å²) in [7, 11) is 0. The zero-order valence-electron chi connectivity index (χ0n) is 11.0. The van der Waals surface area contributed by atoms with E-state index in [1.165, 1.54) is 18.2 Å². The van der Waals surface area contributed by atoms with Gasteiger partial charge in [0.25, 0.3) is 0 Å². The van der Waals surface area contributed by atoms with Crippen LogP contribution in [0.3, 0.4) is 0 Å². The van der Waals surface area contributed by atoms with Crippen molar-refractivity contribution in [2.24, 2.45) is 0 Å². The van der Waals surface area contributed by atoms with E-state index in [2.05, 4.69) is 31.9 Å². The van der Waals surface area contributed by atoms with Crippen molar-refractivity contribution in [3.63, 3.8) is 0 Å². The number of fused-ring (bicyclic) bond motifs is 2. The molecule has 5 nitrogen and oxygen atoms in total. The number of halogens is 2. The summed E-state index contributed by atoms with van der Waals surface area (Å²) in [5.74, 6) is -0.773. The van der Waals surface area contributed by atoms with Crippen molar-refractivity contribution in [3.05, 3.63) is 69.4 Å². The zero-order valence-corrected chi connectivity index (χ0v) is 14.1. The molecule has 0 aliphatic heterocycles. The van der Waals surface area contributed by atoms with Crippen LogP contribution in [0.1, 0.15) is 41.1 Å². The molecule has 0 saturated carbocycles. The lowest BCUT2D eigenvalue weighted by Crippen LogP contribution is -2.99. The zero-order chi connectivity index (χ0) is 16.0. The van der Waals surface area contributed by atoms with E-state index in [-0.39, 0.29) is 28.2 Å². The lowest BCUT2D eigenvalue weighted by molar-refractivity contribution is -0.991. The van der Waals surface area contributed by atoms with Gasteiger partial charge >= 0.3 is 0 Å². The van der Waals surface area contributed by atoms with Gasteiger partial charge in [-0.05, 0) is 6.07 Å². The minimum Gasteiger partial charge on any atom is -0.595 e. The highest BCUT2D eigenvalue weighted by molar-refractivity contribution is 9.24. The van der Waals surface area contributed by atoms with Crippen LogP contribution in [0.4, 0.5) is 5.69 Å². The smallest absolute Gasteiger partial charge is 0.200 e. The van der Waals surface area contributed by atoms with Crippen molar-refractivity contribution in [3.8, 4) is 0 Å². The molecule has 3 rings (SSSR count). The van der Waals surface area contributed by atoms with Crippen LogP contribution in [-0.2, 0) is 0 Å².